The molecule has 15 heavy (non-hydrogen) atoms. The predicted octanol–water partition coefficient (Wildman–Crippen LogP) is 3.54. The van der Waals surface area contributed by atoms with Crippen LogP contribution >= 0.6 is 11.8 Å². The molecule has 0 saturated heterocycles. The van der Waals surface area contributed by atoms with Gasteiger partial charge in [0.2, 0.25) is 0 Å². The van der Waals surface area contributed by atoms with Crippen molar-refractivity contribution in [3.05, 3.63) is 23.3 Å². The predicted molar refractivity (Wildman–Crippen MR) is 66.9 cm³/mol. The summed E-state index contributed by atoms with van der Waals surface area (Å²) in [7, 11) is 0. The van der Waals surface area contributed by atoms with Crippen LogP contribution < -0.4 is 0 Å². The molecule has 86 valence electrons. The van der Waals surface area contributed by atoms with E-state index in [0.29, 0.717) is 5.94 Å². The zero-order valence-electron chi connectivity index (χ0n) is 10.0. The molecule has 0 aliphatic carbocycles. The third-order valence-corrected chi connectivity index (χ3v) is 2.13. The summed E-state index contributed by atoms with van der Waals surface area (Å²) >= 11 is 1.50. The molecule has 0 saturated carbocycles. The van der Waals surface area contributed by atoms with Gasteiger partial charge in [-0.05, 0) is 39.9 Å². The number of carbonyl (C=O) groups excluding carboxylic acids is 1. The van der Waals surface area contributed by atoms with Crippen LogP contribution in [0.3, 0.4) is 0 Å². The molecule has 3 heteroatoms. The van der Waals surface area contributed by atoms with Crippen LogP contribution in [0.25, 0.3) is 0 Å². The lowest BCUT2D eigenvalue weighted by Gasteiger charge is -2.00. The number of thioether (sulfide) groups is 1. The van der Waals surface area contributed by atoms with Crippen molar-refractivity contribution in [2.45, 2.75) is 33.6 Å². The van der Waals surface area contributed by atoms with Crippen molar-refractivity contribution in [3.63, 3.8) is 0 Å². The van der Waals surface area contributed by atoms with E-state index in [2.05, 4.69) is 19.9 Å². The molecule has 0 rings (SSSR count). The summed E-state index contributed by atoms with van der Waals surface area (Å²) in [6.07, 6.45) is 7.55. The van der Waals surface area contributed by atoms with Crippen LogP contribution in [0.4, 0.5) is 0 Å². The normalized spacial score (nSPS) is 11.1. The zero-order valence-corrected chi connectivity index (χ0v) is 10.8. The molecule has 0 aromatic rings. The molecule has 0 bridgehead atoms. The van der Waals surface area contributed by atoms with Crippen LogP contribution in [0.5, 0.6) is 0 Å². The molecule has 0 aromatic heterocycles. The van der Waals surface area contributed by atoms with Gasteiger partial charge in [-0.15, -0.1) is 11.8 Å². The number of carbonyl (C=O) groups is 1. The Morgan fingerprint density at radius 2 is 2.00 bits per heavy atom. The lowest BCUT2D eigenvalue weighted by molar-refractivity contribution is -0.135. The smallest absolute Gasteiger partial charge is 0.331 e. The number of rotatable bonds is 6. The van der Waals surface area contributed by atoms with Crippen molar-refractivity contribution < 1.29 is 9.53 Å². The van der Waals surface area contributed by atoms with Crippen molar-refractivity contribution in [3.8, 4) is 0 Å². The van der Waals surface area contributed by atoms with E-state index in [1.807, 2.05) is 13.2 Å². The van der Waals surface area contributed by atoms with E-state index in [-0.39, 0.29) is 5.97 Å². The molecule has 0 aromatic carbocycles. The summed E-state index contributed by atoms with van der Waals surface area (Å²) in [6.45, 7) is 6.11. The Morgan fingerprint density at radius 3 is 2.53 bits per heavy atom. The van der Waals surface area contributed by atoms with E-state index in [4.69, 9.17) is 4.74 Å². The topological polar surface area (TPSA) is 26.3 Å². The van der Waals surface area contributed by atoms with Crippen molar-refractivity contribution in [2.75, 3.05) is 12.2 Å². The second-order valence-corrected chi connectivity index (χ2v) is 4.49. The van der Waals surface area contributed by atoms with E-state index < -0.39 is 0 Å². The van der Waals surface area contributed by atoms with E-state index in [9.17, 15) is 4.79 Å². The van der Waals surface area contributed by atoms with Crippen LogP contribution in [-0.2, 0) is 9.53 Å². The fraction of sp³-hybridized carbons (Fsp3) is 0.583. The first-order chi connectivity index (χ1) is 7.06. The Balaban J connectivity index is 3.87. The molecular formula is C12H20O2S. The molecule has 0 N–H and O–H groups in total. The van der Waals surface area contributed by atoms with Crippen LogP contribution in [0.2, 0.25) is 0 Å². The van der Waals surface area contributed by atoms with Gasteiger partial charge in [-0.1, -0.05) is 17.2 Å². The molecule has 2 nitrogen and oxygen atoms in total. The fourth-order valence-corrected chi connectivity index (χ4v) is 1.25. The maximum absolute atomic E-state index is 11.2. The Bertz CT molecular complexity index is 250. The van der Waals surface area contributed by atoms with Gasteiger partial charge in [0.15, 0.2) is 0 Å². The minimum absolute atomic E-state index is 0.237. The van der Waals surface area contributed by atoms with Gasteiger partial charge in [-0.3, -0.25) is 0 Å². The first kappa shape index (κ1) is 14.3. The van der Waals surface area contributed by atoms with E-state index in [0.717, 1.165) is 18.4 Å². The van der Waals surface area contributed by atoms with Crippen LogP contribution in [0.15, 0.2) is 23.3 Å². The molecule has 0 fully saturated rings. The average Bonchev–Trinajstić information content (AvgIpc) is 2.14. The third kappa shape index (κ3) is 9.60. The first-order valence-electron chi connectivity index (χ1n) is 5.02. The summed E-state index contributed by atoms with van der Waals surface area (Å²) in [6, 6.07) is 0. The maximum Gasteiger partial charge on any atom is 0.331 e. The molecule has 0 radical (unpaired) electrons. The van der Waals surface area contributed by atoms with Gasteiger partial charge >= 0.3 is 5.97 Å². The second-order valence-electron chi connectivity index (χ2n) is 3.68. The molecule has 0 heterocycles. The van der Waals surface area contributed by atoms with Crippen molar-refractivity contribution >= 4 is 17.7 Å². The van der Waals surface area contributed by atoms with Crippen LogP contribution in [0, 0.1) is 0 Å². The quantitative estimate of drug-likeness (QED) is 0.301. The number of hydrogen-bond donors (Lipinski definition) is 0. The van der Waals surface area contributed by atoms with Gasteiger partial charge in [-0.25, -0.2) is 4.79 Å². The summed E-state index contributed by atoms with van der Waals surface area (Å²) in [5.74, 6) is 0.190. The van der Waals surface area contributed by atoms with E-state index in [1.165, 1.54) is 17.3 Å². The monoisotopic (exact) mass is 228 g/mol. The highest BCUT2D eigenvalue weighted by Crippen LogP contribution is 2.07. The van der Waals surface area contributed by atoms with Crippen molar-refractivity contribution in [1.29, 1.82) is 0 Å². The number of hydrogen-bond acceptors (Lipinski definition) is 3. The average molecular weight is 228 g/mol. The molecule has 0 atom stereocenters. The third-order valence-electron chi connectivity index (χ3n) is 1.77. The number of esters is 1. The van der Waals surface area contributed by atoms with Crippen LogP contribution in [0.1, 0.15) is 33.6 Å². The second kappa shape index (κ2) is 8.60. The minimum atomic E-state index is -0.237. The molecule has 0 aliphatic rings. The Morgan fingerprint density at radius 1 is 1.33 bits per heavy atom. The molecule has 0 unspecified atom stereocenters. The first-order valence-corrected chi connectivity index (χ1v) is 6.42. The summed E-state index contributed by atoms with van der Waals surface area (Å²) < 4.78 is 4.92. The Kier molecular flexibility index (Phi) is 8.19. The van der Waals surface area contributed by atoms with E-state index >= 15 is 0 Å². The fourth-order valence-electron chi connectivity index (χ4n) is 1.02. The van der Waals surface area contributed by atoms with Gasteiger partial charge in [0.05, 0.1) is 0 Å². The summed E-state index contributed by atoms with van der Waals surface area (Å²) in [4.78, 5) is 11.2. The highest BCUT2D eigenvalue weighted by Gasteiger charge is 1.98. The molecule has 0 spiro atoms. The van der Waals surface area contributed by atoms with Gasteiger partial charge in [0.1, 0.15) is 5.94 Å². The van der Waals surface area contributed by atoms with E-state index in [1.54, 1.807) is 6.08 Å². The van der Waals surface area contributed by atoms with Gasteiger partial charge < -0.3 is 4.74 Å². The molecule has 0 aliphatic heterocycles. The Labute approximate surface area is 96.8 Å². The number of allylic oxidation sites excluding steroid dienone is 3. The van der Waals surface area contributed by atoms with Crippen LogP contribution in [-0.4, -0.2) is 18.2 Å². The zero-order chi connectivity index (χ0) is 11.7. The lowest BCUT2D eigenvalue weighted by Crippen LogP contribution is -2.00. The lowest BCUT2D eigenvalue weighted by atomic mass is 10.1. The minimum Gasteiger partial charge on any atom is -0.451 e. The van der Waals surface area contributed by atoms with Gasteiger partial charge in [-0.2, -0.15) is 0 Å². The summed E-state index contributed by atoms with van der Waals surface area (Å²) in [5.41, 5.74) is 2.38. The Hall–Kier alpha value is -0.700. The van der Waals surface area contributed by atoms with Crippen molar-refractivity contribution in [2.24, 2.45) is 0 Å². The highest BCUT2D eigenvalue weighted by molar-refractivity contribution is 7.98. The number of ether oxygens (including phenoxy) is 1. The maximum atomic E-state index is 11.2. The largest absolute Gasteiger partial charge is 0.451 e. The highest BCUT2D eigenvalue weighted by atomic mass is 32.2. The molecular weight excluding hydrogens is 208 g/mol. The standard InChI is InChI=1S/C12H20O2S/c1-10(2)6-5-7-11(3)8-12(13)14-9-15-4/h6,8H,5,7,9H2,1-4H3/b11-8+. The SMILES string of the molecule is CSCOC(=O)/C=C(\C)CCC=C(C)C. The van der Waals surface area contributed by atoms with Crippen molar-refractivity contribution in [1.82, 2.24) is 0 Å². The van der Waals surface area contributed by atoms with Gasteiger partial charge in [0.25, 0.3) is 0 Å². The molecule has 0 amide bonds. The van der Waals surface area contributed by atoms with Gasteiger partial charge in [0, 0.05) is 6.08 Å². The summed E-state index contributed by atoms with van der Waals surface area (Å²) in [5, 5.41) is 0.